The Morgan fingerprint density at radius 1 is 1.62 bits per heavy atom. The fourth-order valence-electron chi connectivity index (χ4n) is 0.913. The van der Waals surface area contributed by atoms with E-state index < -0.39 is 0 Å². The number of pyridine rings is 1. The van der Waals surface area contributed by atoms with Gasteiger partial charge in [-0.05, 0) is 18.6 Å². The van der Waals surface area contributed by atoms with Gasteiger partial charge in [0.25, 0.3) is 0 Å². The number of anilines is 1. The van der Waals surface area contributed by atoms with Crippen LogP contribution >= 0.6 is 0 Å². The van der Waals surface area contributed by atoms with Gasteiger partial charge in [0.1, 0.15) is 11.8 Å². The van der Waals surface area contributed by atoms with Crippen molar-refractivity contribution in [3.63, 3.8) is 0 Å². The maximum absolute atomic E-state index is 8.55. The number of rotatable bonds is 4. The molecule has 0 saturated heterocycles. The molecule has 0 unspecified atom stereocenters. The summed E-state index contributed by atoms with van der Waals surface area (Å²) in [5, 5.41) is 20.2. The summed E-state index contributed by atoms with van der Waals surface area (Å²) in [6.07, 6.45) is 2.28. The molecule has 1 rings (SSSR count). The molecule has 4 heteroatoms. The van der Waals surface area contributed by atoms with Crippen molar-refractivity contribution in [2.45, 2.75) is 6.42 Å². The van der Waals surface area contributed by atoms with E-state index in [9.17, 15) is 0 Å². The largest absolute Gasteiger partial charge is 0.396 e. The van der Waals surface area contributed by atoms with Crippen molar-refractivity contribution in [3.05, 3.63) is 24.0 Å². The van der Waals surface area contributed by atoms with Gasteiger partial charge in [-0.15, -0.1) is 0 Å². The molecular formula is C9H11N3O. The number of aliphatic hydroxyl groups excluding tert-OH is 1. The van der Waals surface area contributed by atoms with E-state index in [1.165, 1.54) is 0 Å². The highest BCUT2D eigenvalue weighted by atomic mass is 16.3. The first-order valence-electron chi connectivity index (χ1n) is 4.07. The summed E-state index contributed by atoms with van der Waals surface area (Å²) in [4.78, 5) is 3.84. The van der Waals surface area contributed by atoms with Crippen molar-refractivity contribution in [3.8, 4) is 6.07 Å². The van der Waals surface area contributed by atoms with Crippen LogP contribution < -0.4 is 5.32 Å². The summed E-state index contributed by atoms with van der Waals surface area (Å²) in [5.74, 6) is 0. The van der Waals surface area contributed by atoms with Crippen LogP contribution in [0.3, 0.4) is 0 Å². The zero-order chi connectivity index (χ0) is 9.52. The number of aromatic nitrogens is 1. The lowest BCUT2D eigenvalue weighted by Gasteiger charge is -2.03. The molecule has 0 aliphatic rings. The minimum atomic E-state index is 0.170. The molecule has 0 aliphatic heterocycles. The van der Waals surface area contributed by atoms with E-state index in [2.05, 4.69) is 10.3 Å². The van der Waals surface area contributed by atoms with Crippen molar-refractivity contribution in [1.82, 2.24) is 4.98 Å². The van der Waals surface area contributed by atoms with Gasteiger partial charge >= 0.3 is 0 Å². The molecule has 2 N–H and O–H groups in total. The molecule has 0 aromatic carbocycles. The van der Waals surface area contributed by atoms with Crippen molar-refractivity contribution < 1.29 is 5.11 Å². The Morgan fingerprint density at radius 3 is 3.15 bits per heavy atom. The Labute approximate surface area is 76.8 Å². The van der Waals surface area contributed by atoms with E-state index in [0.717, 1.165) is 5.69 Å². The van der Waals surface area contributed by atoms with Crippen LogP contribution in [0.15, 0.2) is 18.3 Å². The third-order valence-electron chi connectivity index (χ3n) is 1.54. The van der Waals surface area contributed by atoms with Crippen molar-refractivity contribution >= 4 is 5.69 Å². The molecule has 4 nitrogen and oxygen atoms in total. The zero-order valence-electron chi connectivity index (χ0n) is 7.20. The summed E-state index contributed by atoms with van der Waals surface area (Å²) in [6, 6.07) is 5.43. The number of nitrogens with one attached hydrogen (secondary N) is 1. The minimum absolute atomic E-state index is 0.170. The van der Waals surface area contributed by atoms with Gasteiger partial charge < -0.3 is 10.4 Å². The van der Waals surface area contributed by atoms with Crippen LogP contribution in [0.5, 0.6) is 0 Å². The van der Waals surface area contributed by atoms with E-state index in [1.807, 2.05) is 6.07 Å². The second kappa shape index (κ2) is 5.12. The molecule has 0 saturated carbocycles. The van der Waals surface area contributed by atoms with Crippen LogP contribution in [0.1, 0.15) is 12.1 Å². The highest BCUT2D eigenvalue weighted by Gasteiger charge is 1.94. The van der Waals surface area contributed by atoms with Crippen molar-refractivity contribution in [1.29, 1.82) is 5.26 Å². The molecule has 1 aromatic heterocycles. The molecule has 1 heterocycles. The predicted molar refractivity (Wildman–Crippen MR) is 49.1 cm³/mol. The molecule has 0 radical (unpaired) electrons. The monoisotopic (exact) mass is 177 g/mol. The first-order chi connectivity index (χ1) is 6.36. The third kappa shape index (κ3) is 3.09. The van der Waals surface area contributed by atoms with Gasteiger partial charge in [-0.1, -0.05) is 0 Å². The Bertz CT molecular complexity index is 306. The lowest BCUT2D eigenvalue weighted by atomic mass is 10.3. The third-order valence-corrected chi connectivity index (χ3v) is 1.54. The molecule has 0 amide bonds. The fraction of sp³-hybridized carbons (Fsp3) is 0.333. The minimum Gasteiger partial charge on any atom is -0.396 e. The van der Waals surface area contributed by atoms with E-state index in [4.69, 9.17) is 10.4 Å². The molecule has 0 spiro atoms. The Kier molecular flexibility index (Phi) is 3.74. The van der Waals surface area contributed by atoms with Crippen LogP contribution in [-0.4, -0.2) is 23.2 Å². The maximum atomic E-state index is 8.55. The molecule has 0 bridgehead atoms. The quantitative estimate of drug-likeness (QED) is 0.666. The van der Waals surface area contributed by atoms with E-state index in [-0.39, 0.29) is 6.61 Å². The standard InChI is InChI=1S/C9H11N3O/c10-7-9-6-8(2-4-12-9)11-3-1-5-13/h2,4,6,13H,1,3,5H2,(H,11,12). The first-order valence-corrected chi connectivity index (χ1v) is 4.07. The summed E-state index contributed by atoms with van der Waals surface area (Å²) in [5.41, 5.74) is 1.26. The summed E-state index contributed by atoms with van der Waals surface area (Å²) in [6.45, 7) is 0.870. The molecule has 0 aliphatic carbocycles. The van der Waals surface area contributed by atoms with Crippen molar-refractivity contribution in [2.75, 3.05) is 18.5 Å². The SMILES string of the molecule is N#Cc1cc(NCCCO)ccn1. The van der Waals surface area contributed by atoms with Crippen LogP contribution in [0.2, 0.25) is 0 Å². The second-order valence-corrected chi connectivity index (χ2v) is 2.55. The van der Waals surface area contributed by atoms with Gasteiger partial charge in [0, 0.05) is 25.0 Å². The number of hydrogen-bond donors (Lipinski definition) is 2. The Balaban J connectivity index is 2.52. The number of nitrogens with zero attached hydrogens (tertiary/aromatic N) is 2. The summed E-state index contributed by atoms with van der Waals surface area (Å²) >= 11 is 0. The molecule has 68 valence electrons. The van der Waals surface area contributed by atoms with Gasteiger partial charge in [-0.25, -0.2) is 4.98 Å². The van der Waals surface area contributed by atoms with Gasteiger partial charge in [0.2, 0.25) is 0 Å². The van der Waals surface area contributed by atoms with Gasteiger partial charge in [0.05, 0.1) is 0 Å². The average molecular weight is 177 g/mol. The number of aliphatic hydroxyl groups is 1. The van der Waals surface area contributed by atoms with E-state index in [0.29, 0.717) is 18.7 Å². The Morgan fingerprint density at radius 2 is 2.46 bits per heavy atom. The normalized spacial score (nSPS) is 9.23. The zero-order valence-corrected chi connectivity index (χ0v) is 7.20. The molecule has 13 heavy (non-hydrogen) atoms. The number of hydrogen-bond acceptors (Lipinski definition) is 4. The van der Waals surface area contributed by atoms with Crippen molar-refractivity contribution in [2.24, 2.45) is 0 Å². The molecule has 0 fully saturated rings. The van der Waals surface area contributed by atoms with Gasteiger partial charge in [-0.3, -0.25) is 0 Å². The van der Waals surface area contributed by atoms with Crippen LogP contribution in [-0.2, 0) is 0 Å². The smallest absolute Gasteiger partial charge is 0.142 e. The average Bonchev–Trinajstić information content (AvgIpc) is 2.19. The van der Waals surface area contributed by atoms with E-state index >= 15 is 0 Å². The molecule has 1 aromatic rings. The summed E-state index contributed by atoms with van der Waals surface area (Å²) < 4.78 is 0. The van der Waals surface area contributed by atoms with Gasteiger partial charge in [-0.2, -0.15) is 5.26 Å². The van der Waals surface area contributed by atoms with Crippen LogP contribution in [0.25, 0.3) is 0 Å². The van der Waals surface area contributed by atoms with Crippen LogP contribution in [0.4, 0.5) is 5.69 Å². The van der Waals surface area contributed by atoms with E-state index in [1.54, 1.807) is 18.3 Å². The topological polar surface area (TPSA) is 68.9 Å². The fourth-order valence-corrected chi connectivity index (χ4v) is 0.913. The Hall–Kier alpha value is -1.60. The second-order valence-electron chi connectivity index (χ2n) is 2.55. The summed E-state index contributed by atoms with van der Waals surface area (Å²) in [7, 11) is 0. The lowest BCUT2D eigenvalue weighted by Crippen LogP contribution is -2.03. The highest BCUT2D eigenvalue weighted by Crippen LogP contribution is 2.06. The van der Waals surface area contributed by atoms with Crippen LogP contribution in [0, 0.1) is 11.3 Å². The molecular weight excluding hydrogens is 166 g/mol. The maximum Gasteiger partial charge on any atom is 0.142 e. The lowest BCUT2D eigenvalue weighted by molar-refractivity contribution is 0.292. The number of nitriles is 1. The predicted octanol–water partition coefficient (Wildman–Crippen LogP) is 0.748. The first kappa shape index (κ1) is 9.49. The van der Waals surface area contributed by atoms with Gasteiger partial charge in [0.15, 0.2) is 0 Å². The molecule has 0 atom stereocenters. The highest BCUT2D eigenvalue weighted by molar-refractivity contribution is 5.45.